The first-order valence-corrected chi connectivity index (χ1v) is 12.6. The van der Waals surface area contributed by atoms with Crippen molar-refractivity contribution in [2.24, 2.45) is 5.10 Å². The van der Waals surface area contributed by atoms with Gasteiger partial charge in [0.25, 0.3) is 0 Å². The molecule has 0 aliphatic heterocycles. The summed E-state index contributed by atoms with van der Waals surface area (Å²) < 4.78 is 18.5. The van der Waals surface area contributed by atoms with Gasteiger partial charge in [0.05, 0.1) is 16.4 Å². The second-order valence-corrected chi connectivity index (χ2v) is 9.24. The number of hydrogen-bond donors (Lipinski definition) is 1. The van der Waals surface area contributed by atoms with E-state index in [0.29, 0.717) is 30.3 Å². The molecule has 0 bridgehead atoms. The number of furan rings is 1. The topological polar surface area (TPSA) is 73.1 Å². The lowest BCUT2D eigenvalue weighted by Crippen LogP contribution is -2.16. The highest BCUT2D eigenvalue weighted by atomic mass is 127. The Morgan fingerprint density at radius 3 is 2.53 bits per heavy atom. The third-order valence-electron chi connectivity index (χ3n) is 5.56. The van der Waals surface area contributed by atoms with Crippen molar-refractivity contribution < 1.29 is 18.7 Å². The summed E-state index contributed by atoms with van der Waals surface area (Å²) in [4.78, 5) is 12.4. The van der Waals surface area contributed by atoms with E-state index in [9.17, 15) is 4.79 Å². The van der Waals surface area contributed by atoms with Gasteiger partial charge < -0.3 is 13.9 Å². The lowest BCUT2D eigenvalue weighted by molar-refractivity contribution is 0.0929. The van der Waals surface area contributed by atoms with E-state index in [1.54, 1.807) is 12.3 Å². The van der Waals surface area contributed by atoms with Crippen LogP contribution in [0.3, 0.4) is 0 Å². The molecule has 0 atom stereocenters. The summed E-state index contributed by atoms with van der Waals surface area (Å²) in [6.07, 6.45) is 1.57. The van der Waals surface area contributed by atoms with Crippen LogP contribution in [0.2, 0.25) is 0 Å². The minimum absolute atomic E-state index is 0.204. The fraction of sp³-hybridized carbons (Fsp3) is 0.103. The molecule has 0 spiro atoms. The summed E-state index contributed by atoms with van der Waals surface area (Å²) in [5, 5.41) is 7.33. The van der Waals surface area contributed by atoms with Crippen molar-refractivity contribution in [3.63, 3.8) is 0 Å². The molecule has 0 unspecified atom stereocenters. The predicted molar refractivity (Wildman–Crippen MR) is 150 cm³/mol. The molecule has 1 amide bonds. The number of nitrogens with zero attached hydrogens (tertiary/aromatic N) is 1. The summed E-state index contributed by atoms with van der Waals surface area (Å²) in [5.74, 6) is 1.08. The van der Waals surface area contributed by atoms with Gasteiger partial charge in [-0.1, -0.05) is 54.6 Å². The first-order chi connectivity index (χ1) is 17.6. The number of fused-ring (bicyclic) bond motifs is 2. The van der Waals surface area contributed by atoms with Gasteiger partial charge in [-0.15, -0.1) is 0 Å². The van der Waals surface area contributed by atoms with Gasteiger partial charge in [-0.25, -0.2) is 5.43 Å². The van der Waals surface area contributed by atoms with Crippen LogP contribution in [-0.2, 0) is 6.61 Å². The van der Waals surface area contributed by atoms with Crippen molar-refractivity contribution in [2.45, 2.75) is 13.5 Å². The zero-order valence-corrected chi connectivity index (χ0v) is 21.7. The first kappa shape index (κ1) is 23.9. The maximum Gasteiger partial charge on any atom is 0.307 e. The summed E-state index contributed by atoms with van der Waals surface area (Å²) in [5.41, 5.74) is 5.02. The van der Waals surface area contributed by atoms with Crippen LogP contribution in [-0.4, -0.2) is 18.7 Å². The fourth-order valence-corrected chi connectivity index (χ4v) is 4.64. The summed E-state index contributed by atoms with van der Waals surface area (Å²) in [6, 6.07) is 27.5. The molecular weight excluding hydrogens is 567 g/mol. The molecule has 0 aliphatic carbocycles. The summed E-state index contributed by atoms with van der Waals surface area (Å²) >= 11 is 2.22. The maximum absolute atomic E-state index is 12.4. The molecule has 36 heavy (non-hydrogen) atoms. The number of benzene rings is 4. The van der Waals surface area contributed by atoms with Crippen LogP contribution in [0.4, 0.5) is 0 Å². The second kappa shape index (κ2) is 10.8. The Bertz CT molecular complexity index is 1540. The van der Waals surface area contributed by atoms with E-state index in [1.807, 2.05) is 55.5 Å². The Morgan fingerprint density at radius 2 is 1.72 bits per heavy atom. The molecule has 4 aromatic carbocycles. The molecule has 0 fully saturated rings. The number of halogens is 1. The van der Waals surface area contributed by atoms with Crippen molar-refractivity contribution in [2.75, 3.05) is 6.61 Å². The molecule has 0 radical (unpaired) electrons. The van der Waals surface area contributed by atoms with Crippen LogP contribution >= 0.6 is 22.6 Å². The standard InChI is InChI=1S/C29H23IN2O4/c1-2-34-26-15-20(17-31-32-29(33)27-16-23-9-5-6-10-25(23)36-27)14-24(30)28(26)35-18-19-11-12-21-7-3-4-8-22(21)13-19/h3-17H,2,18H2,1H3,(H,32,33)/b31-17+. The Labute approximate surface area is 222 Å². The predicted octanol–water partition coefficient (Wildman–Crippen LogP) is 6.93. The van der Waals surface area contributed by atoms with Crippen molar-refractivity contribution in [1.29, 1.82) is 0 Å². The number of nitrogens with one attached hydrogen (secondary N) is 1. The third kappa shape index (κ3) is 5.36. The van der Waals surface area contributed by atoms with Gasteiger partial charge in [0.15, 0.2) is 17.3 Å². The molecule has 6 nitrogen and oxygen atoms in total. The highest BCUT2D eigenvalue weighted by Gasteiger charge is 2.14. The Hall–Kier alpha value is -3.85. The van der Waals surface area contributed by atoms with Crippen LogP contribution in [0.15, 0.2) is 94.4 Å². The van der Waals surface area contributed by atoms with E-state index in [2.05, 4.69) is 63.4 Å². The molecule has 0 saturated heterocycles. The van der Waals surface area contributed by atoms with Crippen molar-refractivity contribution in [3.8, 4) is 11.5 Å². The normalized spacial score (nSPS) is 11.3. The molecule has 0 saturated carbocycles. The van der Waals surface area contributed by atoms with Crippen LogP contribution < -0.4 is 14.9 Å². The fourth-order valence-electron chi connectivity index (χ4n) is 3.86. The molecule has 0 aliphatic rings. The molecule has 1 N–H and O–H groups in total. The van der Waals surface area contributed by atoms with Crippen molar-refractivity contribution in [1.82, 2.24) is 5.43 Å². The van der Waals surface area contributed by atoms with Crippen LogP contribution in [0.1, 0.15) is 28.6 Å². The number of amides is 1. The number of carbonyl (C=O) groups excluding carboxylic acids is 1. The number of carbonyl (C=O) groups is 1. The number of rotatable bonds is 8. The van der Waals surface area contributed by atoms with Crippen molar-refractivity contribution in [3.05, 3.63) is 105 Å². The summed E-state index contributed by atoms with van der Waals surface area (Å²) in [7, 11) is 0. The largest absolute Gasteiger partial charge is 0.490 e. The minimum atomic E-state index is -0.419. The molecule has 1 heterocycles. The highest BCUT2D eigenvalue weighted by Crippen LogP contribution is 2.34. The Balaban J connectivity index is 1.29. The molecule has 5 rings (SSSR count). The number of hydrogen-bond acceptors (Lipinski definition) is 5. The van der Waals surface area contributed by atoms with Crippen LogP contribution in [0, 0.1) is 3.57 Å². The van der Waals surface area contributed by atoms with E-state index < -0.39 is 5.91 Å². The molecule has 1 aromatic heterocycles. The zero-order valence-electron chi connectivity index (χ0n) is 19.5. The molecular formula is C29H23IN2O4. The number of para-hydroxylation sites is 1. The van der Waals surface area contributed by atoms with Gasteiger partial charge in [-0.2, -0.15) is 5.10 Å². The molecule has 180 valence electrons. The Morgan fingerprint density at radius 1 is 0.944 bits per heavy atom. The van der Waals surface area contributed by atoms with Gasteiger partial charge in [-0.05, 0) is 81.7 Å². The SMILES string of the molecule is CCOc1cc(/C=N/NC(=O)c2cc3ccccc3o2)cc(I)c1OCc1ccc2ccccc2c1. The smallest absolute Gasteiger partial charge is 0.307 e. The van der Waals surface area contributed by atoms with Gasteiger partial charge in [0.1, 0.15) is 12.2 Å². The summed E-state index contributed by atoms with van der Waals surface area (Å²) in [6.45, 7) is 2.84. The van der Waals surface area contributed by atoms with Gasteiger partial charge in [0.2, 0.25) is 0 Å². The highest BCUT2D eigenvalue weighted by molar-refractivity contribution is 14.1. The van der Waals surface area contributed by atoms with E-state index in [0.717, 1.165) is 20.1 Å². The van der Waals surface area contributed by atoms with Crippen LogP contribution in [0.25, 0.3) is 21.7 Å². The van der Waals surface area contributed by atoms with Crippen LogP contribution in [0.5, 0.6) is 11.5 Å². The van der Waals surface area contributed by atoms with Gasteiger partial charge >= 0.3 is 5.91 Å². The van der Waals surface area contributed by atoms with E-state index >= 15 is 0 Å². The maximum atomic E-state index is 12.4. The minimum Gasteiger partial charge on any atom is -0.490 e. The van der Waals surface area contributed by atoms with E-state index in [1.165, 1.54) is 10.8 Å². The average Bonchev–Trinajstić information content (AvgIpc) is 3.33. The van der Waals surface area contributed by atoms with E-state index in [-0.39, 0.29) is 5.76 Å². The lowest BCUT2D eigenvalue weighted by Gasteiger charge is -2.15. The second-order valence-electron chi connectivity index (χ2n) is 8.08. The zero-order chi connectivity index (χ0) is 24.9. The Kier molecular flexibility index (Phi) is 7.18. The van der Waals surface area contributed by atoms with Crippen molar-refractivity contribution >= 4 is 56.5 Å². The molecule has 7 heteroatoms. The first-order valence-electron chi connectivity index (χ1n) is 11.5. The third-order valence-corrected chi connectivity index (χ3v) is 6.36. The monoisotopic (exact) mass is 590 g/mol. The molecule has 5 aromatic rings. The number of ether oxygens (including phenoxy) is 2. The lowest BCUT2D eigenvalue weighted by atomic mass is 10.1. The number of hydrazone groups is 1. The van der Waals surface area contributed by atoms with E-state index in [4.69, 9.17) is 13.9 Å². The van der Waals surface area contributed by atoms with Gasteiger partial charge in [0, 0.05) is 5.39 Å². The van der Waals surface area contributed by atoms with Gasteiger partial charge in [-0.3, -0.25) is 4.79 Å². The average molecular weight is 590 g/mol. The quantitative estimate of drug-likeness (QED) is 0.121.